The van der Waals surface area contributed by atoms with Crippen molar-refractivity contribution in [2.45, 2.75) is 77.6 Å². The van der Waals surface area contributed by atoms with Gasteiger partial charge >= 0.3 is 0 Å². The Bertz CT molecular complexity index is 220. The fraction of sp³-hybridized carbons (Fsp3) is 1.00. The van der Waals surface area contributed by atoms with Crippen molar-refractivity contribution in [1.82, 2.24) is 0 Å². The van der Waals surface area contributed by atoms with Gasteiger partial charge in [0.25, 0.3) is 0 Å². The van der Waals surface area contributed by atoms with Crippen LogP contribution in [0.1, 0.15) is 77.6 Å². The van der Waals surface area contributed by atoms with Crippen molar-refractivity contribution in [3.63, 3.8) is 0 Å². The first-order valence-electron chi connectivity index (χ1n) is 8.51. The van der Waals surface area contributed by atoms with Crippen molar-refractivity contribution < 1.29 is 0 Å². The maximum atomic E-state index is 6.08. The second-order valence-electron chi connectivity index (χ2n) is 7.00. The van der Waals surface area contributed by atoms with E-state index in [4.69, 9.17) is 5.73 Å². The third-order valence-electron chi connectivity index (χ3n) is 5.76. The van der Waals surface area contributed by atoms with E-state index in [0.717, 1.165) is 30.2 Å². The number of rotatable bonds is 5. The molecule has 0 saturated heterocycles. The van der Waals surface area contributed by atoms with E-state index in [9.17, 15) is 0 Å². The predicted molar refractivity (Wildman–Crippen MR) is 79.5 cm³/mol. The molecule has 0 radical (unpaired) electrons. The fourth-order valence-corrected chi connectivity index (χ4v) is 4.48. The smallest absolute Gasteiger partial charge is 0.00461 e. The first kappa shape index (κ1) is 14.4. The average Bonchev–Trinajstić information content (AvgIpc) is 2.42. The van der Waals surface area contributed by atoms with Crippen LogP contribution in [0.2, 0.25) is 0 Å². The van der Waals surface area contributed by atoms with Crippen LogP contribution in [-0.2, 0) is 0 Å². The Morgan fingerprint density at radius 2 is 1.61 bits per heavy atom. The van der Waals surface area contributed by atoms with Gasteiger partial charge < -0.3 is 5.73 Å². The SMILES string of the molecule is C[C@@H]1CCCCC1C(CN)CCC1CCCCC1. The first-order valence-corrected chi connectivity index (χ1v) is 8.51. The standard InChI is InChI=1S/C17H33N/c1-14-7-5-6-10-17(14)16(13-18)12-11-15-8-3-2-4-9-15/h14-17H,2-13,18H2,1H3/t14-,16?,17?/m1/s1. The summed E-state index contributed by atoms with van der Waals surface area (Å²) in [4.78, 5) is 0. The number of hydrogen-bond donors (Lipinski definition) is 1. The van der Waals surface area contributed by atoms with E-state index in [-0.39, 0.29) is 0 Å². The molecule has 2 aliphatic carbocycles. The maximum absolute atomic E-state index is 6.08. The van der Waals surface area contributed by atoms with Crippen molar-refractivity contribution in [3.8, 4) is 0 Å². The van der Waals surface area contributed by atoms with Crippen LogP contribution in [0.5, 0.6) is 0 Å². The van der Waals surface area contributed by atoms with Gasteiger partial charge in [-0.1, -0.05) is 64.7 Å². The minimum atomic E-state index is 0.822. The van der Waals surface area contributed by atoms with Crippen molar-refractivity contribution >= 4 is 0 Å². The molecule has 2 fully saturated rings. The Morgan fingerprint density at radius 1 is 0.944 bits per heavy atom. The Labute approximate surface area is 114 Å². The molecule has 0 spiro atoms. The molecule has 2 rings (SSSR count). The van der Waals surface area contributed by atoms with Gasteiger partial charge in [-0.05, 0) is 43.1 Å². The molecule has 2 aliphatic rings. The van der Waals surface area contributed by atoms with E-state index in [0.29, 0.717) is 0 Å². The Morgan fingerprint density at radius 3 is 2.28 bits per heavy atom. The highest BCUT2D eigenvalue weighted by molar-refractivity contribution is 4.80. The number of nitrogens with two attached hydrogens (primary N) is 1. The summed E-state index contributed by atoms with van der Waals surface area (Å²) in [5.41, 5.74) is 6.08. The molecule has 2 N–H and O–H groups in total. The van der Waals surface area contributed by atoms with E-state index in [1.807, 2.05) is 0 Å². The summed E-state index contributed by atoms with van der Waals surface area (Å²) in [6.07, 6.45) is 16.1. The molecule has 106 valence electrons. The minimum Gasteiger partial charge on any atom is -0.330 e. The molecule has 18 heavy (non-hydrogen) atoms. The van der Waals surface area contributed by atoms with Crippen molar-refractivity contribution in [1.29, 1.82) is 0 Å². The summed E-state index contributed by atoms with van der Waals surface area (Å²) in [5, 5.41) is 0. The quantitative estimate of drug-likeness (QED) is 0.750. The van der Waals surface area contributed by atoms with Gasteiger partial charge in [0.1, 0.15) is 0 Å². The lowest BCUT2D eigenvalue weighted by Gasteiger charge is -2.36. The molecule has 3 atom stereocenters. The van der Waals surface area contributed by atoms with E-state index >= 15 is 0 Å². The van der Waals surface area contributed by atoms with E-state index in [1.54, 1.807) is 0 Å². The average molecular weight is 251 g/mol. The lowest BCUT2D eigenvalue weighted by atomic mass is 9.71. The minimum absolute atomic E-state index is 0.822. The molecule has 1 nitrogen and oxygen atoms in total. The summed E-state index contributed by atoms with van der Waals surface area (Å²) in [5.74, 6) is 3.72. The molecular weight excluding hydrogens is 218 g/mol. The van der Waals surface area contributed by atoms with Gasteiger partial charge in [-0.2, -0.15) is 0 Å². The fourth-order valence-electron chi connectivity index (χ4n) is 4.48. The van der Waals surface area contributed by atoms with E-state index in [2.05, 4.69) is 6.92 Å². The Balaban J connectivity index is 1.76. The van der Waals surface area contributed by atoms with Crippen LogP contribution in [0.4, 0.5) is 0 Å². The van der Waals surface area contributed by atoms with E-state index in [1.165, 1.54) is 70.6 Å². The summed E-state index contributed by atoms with van der Waals surface area (Å²) >= 11 is 0. The molecule has 0 aromatic carbocycles. The normalized spacial score (nSPS) is 32.3. The third-order valence-corrected chi connectivity index (χ3v) is 5.76. The summed E-state index contributed by atoms with van der Waals surface area (Å²) < 4.78 is 0. The van der Waals surface area contributed by atoms with Gasteiger partial charge in [0.15, 0.2) is 0 Å². The van der Waals surface area contributed by atoms with Crippen molar-refractivity contribution in [3.05, 3.63) is 0 Å². The molecule has 0 heterocycles. The highest BCUT2D eigenvalue weighted by Crippen LogP contribution is 2.38. The van der Waals surface area contributed by atoms with Gasteiger partial charge in [0.05, 0.1) is 0 Å². The zero-order valence-corrected chi connectivity index (χ0v) is 12.4. The van der Waals surface area contributed by atoms with Gasteiger partial charge in [0, 0.05) is 0 Å². The zero-order valence-electron chi connectivity index (χ0n) is 12.4. The Hall–Kier alpha value is -0.0400. The van der Waals surface area contributed by atoms with E-state index < -0.39 is 0 Å². The monoisotopic (exact) mass is 251 g/mol. The van der Waals surface area contributed by atoms with Crippen LogP contribution in [0.15, 0.2) is 0 Å². The van der Waals surface area contributed by atoms with Gasteiger partial charge in [-0.25, -0.2) is 0 Å². The molecule has 2 saturated carbocycles. The highest BCUT2D eigenvalue weighted by Gasteiger charge is 2.28. The number of hydrogen-bond acceptors (Lipinski definition) is 1. The largest absolute Gasteiger partial charge is 0.330 e. The predicted octanol–water partition coefficient (Wildman–Crippen LogP) is 4.75. The molecular formula is C17H33N. The van der Waals surface area contributed by atoms with Crippen LogP contribution in [0.3, 0.4) is 0 Å². The van der Waals surface area contributed by atoms with Crippen LogP contribution in [0.25, 0.3) is 0 Å². The van der Waals surface area contributed by atoms with Crippen LogP contribution < -0.4 is 5.73 Å². The van der Waals surface area contributed by atoms with Crippen molar-refractivity contribution in [2.75, 3.05) is 6.54 Å². The lowest BCUT2D eigenvalue weighted by molar-refractivity contribution is 0.159. The third kappa shape index (κ3) is 3.98. The second kappa shape index (κ2) is 7.53. The topological polar surface area (TPSA) is 26.0 Å². The summed E-state index contributed by atoms with van der Waals surface area (Å²) in [6, 6.07) is 0. The first-order chi connectivity index (χ1) is 8.81. The molecule has 1 heteroatoms. The summed E-state index contributed by atoms with van der Waals surface area (Å²) in [6.45, 7) is 3.40. The second-order valence-corrected chi connectivity index (χ2v) is 7.00. The van der Waals surface area contributed by atoms with Crippen LogP contribution in [-0.4, -0.2) is 6.54 Å². The highest BCUT2D eigenvalue weighted by atomic mass is 14.6. The van der Waals surface area contributed by atoms with Gasteiger partial charge in [-0.15, -0.1) is 0 Å². The van der Waals surface area contributed by atoms with Crippen LogP contribution in [0, 0.1) is 23.7 Å². The zero-order chi connectivity index (χ0) is 12.8. The maximum Gasteiger partial charge on any atom is -0.00461 e. The molecule has 0 aromatic rings. The molecule has 0 amide bonds. The molecule has 2 unspecified atom stereocenters. The molecule has 0 bridgehead atoms. The molecule has 0 aromatic heterocycles. The lowest BCUT2D eigenvalue weighted by Crippen LogP contribution is -2.31. The summed E-state index contributed by atoms with van der Waals surface area (Å²) in [7, 11) is 0. The van der Waals surface area contributed by atoms with Gasteiger partial charge in [0.2, 0.25) is 0 Å². The van der Waals surface area contributed by atoms with Gasteiger partial charge in [-0.3, -0.25) is 0 Å². The van der Waals surface area contributed by atoms with Crippen LogP contribution >= 0.6 is 0 Å². The Kier molecular flexibility index (Phi) is 6.01. The molecule has 0 aliphatic heterocycles. The van der Waals surface area contributed by atoms with Crippen molar-refractivity contribution in [2.24, 2.45) is 29.4 Å².